The monoisotopic (exact) mass is 510 g/mol. The number of alkyl halides is 3. The van der Waals surface area contributed by atoms with E-state index >= 15 is 0 Å². The third-order valence-corrected chi connectivity index (χ3v) is 5.53. The molecule has 37 heavy (non-hydrogen) atoms. The standard InChI is InChI=1S/C25H17F3N4O5/c26-25(27,28)19-20(14-4-2-1-3-5-14)31-36-22(19)24-30-23(32-37-24)16-8-6-15(7-9-16)21(34)18(33)11-10-17-12-29-13-35-17/h1-9,12-13,21,34H,10-11H2. The first-order valence-corrected chi connectivity index (χ1v) is 11.0. The first-order chi connectivity index (χ1) is 17.8. The van der Waals surface area contributed by atoms with Gasteiger partial charge in [-0.25, -0.2) is 4.98 Å². The SMILES string of the molecule is O=C(CCc1cnco1)C(O)c1ccc(-c2noc(-c3onc(-c4ccccc4)c3C(F)(F)F)n2)cc1. The molecule has 1 N–H and O–H groups in total. The third kappa shape index (κ3) is 5.05. The summed E-state index contributed by atoms with van der Waals surface area (Å²) in [6.07, 6.45) is -3.06. The van der Waals surface area contributed by atoms with Crippen LogP contribution in [0.2, 0.25) is 0 Å². The van der Waals surface area contributed by atoms with Crippen LogP contribution in [-0.2, 0) is 17.4 Å². The molecule has 0 bridgehead atoms. The molecule has 1 atom stereocenters. The molecule has 188 valence electrons. The fraction of sp³-hybridized carbons (Fsp3) is 0.160. The Hall–Kier alpha value is -4.58. The first kappa shape index (κ1) is 24.1. The number of carbonyl (C=O) groups excluding carboxylic acids is 1. The number of aliphatic hydroxyl groups excluding tert-OH is 1. The quantitative estimate of drug-likeness (QED) is 0.296. The molecule has 9 nitrogen and oxygen atoms in total. The second kappa shape index (κ2) is 9.82. The van der Waals surface area contributed by atoms with Crippen molar-refractivity contribution in [2.75, 3.05) is 0 Å². The van der Waals surface area contributed by atoms with Gasteiger partial charge in [-0.2, -0.15) is 18.2 Å². The Bertz CT molecular complexity index is 1490. The van der Waals surface area contributed by atoms with Crippen LogP contribution in [0.4, 0.5) is 13.2 Å². The predicted octanol–water partition coefficient (Wildman–Crippen LogP) is 5.30. The van der Waals surface area contributed by atoms with Gasteiger partial charge in [-0.15, -0.1) is 0 Å². The smallest absolute Gasteiger partial charge is 0.422 e. The molecule has 0 aliphatic carbocycles. The van der Waals surface area contributed by atoms with Gasteiger partial charge in [0.2, 0.25) is 11.6 Å². The number of aliphatic hydroxyl groups is 1. The average molecular weight is 510 g/mol. The van der Waals surface area contributed by atoms with E-state index in [2.05, 4.69) is 20.3 Å². The Morgan fingerprint density at radius 2 is 1.73 bits per heavy atom. The zero-order chi connectivity index (χ0) is 26.0. The largest absolute Gasteiger partial charge is 0.449 e. The highest BCUT2D eigenvalue weighted by Gasteiger charge is 2.43. The van der Waals surface area contributed by atoms with Crippen LogP contribution in [0.25, 0.3) is 34.3 Å². The maximum Gasteiger partial charge on any atom is 0.422 e. The number of Topliss-reactive ketones (excluding diaryl/α,β-unsaturated/α-hetero) is 1. The van der Waals surface area contributed by atoms with Gasteiger partial charge in [-0.05, 0) is 5.56 Å². The number of ketones is 1. The lowest BCUT2D eigenvalue weighted by molar-refractivity contribution is -0.137. The lowest BCUT2D eigenvalue weighted by Crippen LogP contribution is -2.12. The fourth-order valence-electron chi connectivity index (χ4n) is 3.67. The van der Waals surface area contributed by atoms with Crippen LogP contribution in [-0.4, -0.2) is 31.2 Å². The molecule has 1 unspecified atom stereocenters. The zero-order valence-electron chi connectivity index (χ0n) is 18.8. The average Bonchev–Trinajstić information content (AvgIpc) is 3.67. The van der Waals surface area contributed by atoms with Crippen LogP contribution >= 0.6 is 0 Å². The van der Waals surface area contributed by atoms with Gasteiger partial charge in [0.15, 0.2) is 12.2 Å². The number of oxazole rings is 1. The van der Waals surface area contributed by atoms with Gasteiger partial charge in [-0.1, -0.05) is 64.9 Å². The van der Waals surface area contributed by atoms with E-state index in [1.165, 1.54) is 49.0 Å². The van der Waals surface area contributed by atoms with Gasteiger partial charge >= 0.3 is 6.18 Å². The molecule has 0 saturated heterocycles. The van der Waals surface area contributed by atoms with Crippen LogP contribution in [0.1, 0.15) is 29.4 Å². The maximum absolute atomic E-state index is 13.9. The van der Waals surface area contributed by atoms with E-state index < -0.39 is 41.0 Å². The van der Waals surface area contributed by atoms with Crippen molar-refractivity contribution in [1.82, 2.24) is 20.3 Å². The van der Waals surface area contributed by atoms with E-state index in [0.717, 1.165) is 0 Å². The van der Waals surface area contributed by atoms with Crippen molar-refractivity contribution in [3.8, 4) is 34.3 Å². The van der Waals surface area contributed by atoms with Crippen LogP contribution < -0.4 is 0 Å². The number of benzene rings is 2. The summed E-state index contributed by atoms with van der Waals surface area (Å²) in [6.45, 7) is 0. The van der Waals surface area contributed by atoms with E-state index in [-0.39, 0.29) is 17.8 Å². The summed E-state index contributed by atoms with van der Waals surface area (Å²) in [7, 11) is 0. The molecular formula is C25H17F3N4O5. The van der Waals surface area contributed by atoms with Gasteiger partial charge in [0, 0.05) is 24.0 Å². The maximum atomic E-state index is 13.9. The van der Waals surface area contributed by atoms with Crippen LogP contribution in [0.5, 0.6) is 0 Å². The number of halogens is 3. The summed E-state index contributed by atoms with van der Waals surface area (Å²) < 4.78 is 56.9. The number of hydrogen-bond donors (Lipinski definition) is 1. The van der Waals surface area contributed by atoms with Crippen molar-refractivity contribution >= 4 is 5.78 Å². The number of aryl methyl sites for hydroxylation is 1. The molecule has 2 aromatic carbocycles. The third-order valence-electron chi connectivity index (χ3n) is 5.53. The summed E-state index contributed by atoms with van der Waals surface area (Å²) in [5.74, 6) is -1.10. The molecule has 3 aromatic heterocycles. The minimum Gasteiger partial charge on any atom is -0.449 e. The Morgan fingerprint density at radius 1 is 0.973 bits per heavy atom. The predicted molar refractivity (Wildman–Crippen MR) is 120 cm³/mol. The number of aromatic nitrogens is 4. The lowest BCUT2D eigenvalue weighted by atomic mass is 10.0. The number of rotatable bonds is 8. The van der Waals surface area contributed by atoms with Crippen molar-refractivity contribution < 1.29 is 36.5 Å². The molecular weight excluding hydrogens is 493 g/mol. The summed E-state index contributed by atoms with van der Waals surface area (Å²) in [5.41, 5.74) is -0.590. The second-order valence-corrected chi connectivity index (χ2v) is 7.98. The first-order valence-electron chi connectivity index (χ1n) is 11.0. The van der Waals surface area contributed by atoms with Gasteiger partial charge in [0.1, 0.15) is 23.1 Å². The highest BCUT2D eigenvalue weighted by molar-refractivity contribution is 5.84. The van der Waals surface area contributed by atoms with E-state index in [0.29, 0.717) is 23.3 Å². The van der Waals surface area contributed by atoms with Crippen molar-refractivity contribution in [2.45, 2.75) is 25.1 Å². The van der Waals surface area contributed by atoms with E-state index in [9.17, 15) is 23.1 Å². The van der Waals surface area contributed by atoms with Crippen LogP contribution in [0, 0.1) is 0 Å². The molecule has 0 saturated carbocycles. The molecule has 5 aromatic rings. The lowest BCUT2D eigenvalue weighted by Gasteiger charge is -2.09. The Balaban J connectivity index is 1.36. The van der Waals surface area contributed by atoms with Gasteiger partial charge in [-0.3, -0.25) is 4.79 Å². The molecule has 5 rings (SSSR count). The normalized spacial score (nSPS) is 12.5. The molecule has 0 aliphatic rings. The van der Waals surface area contributed by atoms with E-state index in [1.54, 1.807) is 18.2 Å². The molecule has 0 spiro atoms. The number of carbonyl (C=O) groups is 1. The Morgan fingerprint density at radius 3 is 2.41 bits per heavy atom. The topological polar surface area (TPSA) is 128 Å². The van der Waals surface area contributed by atoms with Crippen molar-refractivity contribution in [2.24, 2.45) is 0 Å². The van der Waals surface area contributed by atoms with E-state index in [1.807, 2.05) is 0 Å². The highest BCUT2D eigenvalue weighted by atomic mass is 19.4. The zero-order valence-corrected chi connectivity index (χ0v) is 18.8. The van der Waals surface area contributed by atoms with Crippen LogP contribution in [0.15, 0.2) is 80.7 Å². The Labute approximate surface area is 206 Å². The van der Waals surface area contributed by atoms with Crippen LogP contribution in [0.3, 0.4) is 0 Å². The highest BCUT2D eigenvalue weighted by Crippen LogP contribution is 2.43. The molecule has 3 heterocycles. The fourth-order valence-corrected chi connectivity index (χ4v) is 3.67. The molecule has 0 amide bonds. The molecule has 12 heteroatoms. The van der Waals surface area contributed by atoms with Crippen molar-refractivity contribution in [1.29, 1.82) is 0 Å². The molecule has 0 fully saturated rings. The minimum absolute atomic E-state index is 0.0153. The molecule has 0 aliphatic heterocycles. The summed E-state index contributed by atoms with van der Waals surface area (Å²) in [6, 6.07) is 13.8. The van der Waals surface area contributed by atoms with Crippen molar-refractivity contribution in [3.63, 3.8) is 0 Å². The Kier molecular flexibility index (Phi) is 6.40. The van der Waals surface area contributed by atoms with E-state index in [4.69, 9.17) is 13.5 Å². The number of nitrogens with zero attached hydrogens (tertiary/aromatic N) is 4. The summed E-state index contributed by atoms with van der Waals surface area (Å²) in [4.78, 5) is 20.1. The van der Waals surface area contributed by atoms with Crippen molar-refractivity contribution in [3.05, 3.63) is 84.1 Å². The molecule has 0 radical (unpaired) electrons. The minimum atomic E-state index is -4.80. The summed E-state index contributed by atoms with van der Waals surface area (Å²) in [5, 5.41) is 17.7. The second-order valence-electron chi connectivity index (χ2n) is 7.98. The van der Waals surface area contributed by atoms with Gasteiger partial charge in [0.25, 0.3) is 5.89 Å². The number of hydrogen-bond acceptors (Lipinski definition) is 9. The van der Waals surface area contributed by atoms with Gasteiger partial charge < -0.3 is 18.6 Å². The van der Waals surface area contributed by atoms with Gasteiger partial charge in [0.05, 0.1) is 6.20 Å². The summed E-state index contributed by atoms with van der Waals surface area (Å²) >= 11 is 0.